The van der Waals surface area contributed by atoms with E-state index in [0.717, 1.165) is 5.56 Å². The molecule has 0 fully saturated rings. The zero-order chi connectivity index (χ0) is 13.0. The van der Waals surface area contributed by atoms with Gasteiger partial charge in [0.1, 0.15) is 12.1 Å². The standard InChI is InChI=1S/C13H12N2O3/c1-18-11-4-2-3-9(5-11)13-10(6-12(16)17)7-14-8-15-13/h2-5,7-8H,6H2,1H3,(H,16,17). The molecule has 0 saturated carbocycles. The summed E-state index contributed by atoms with van der Waals surface area (Å²) >= 11 is 0. The fourth-order valence-corrected chi connectivity index (χ4v) is 1.68. The van der Waals surface area contributed by atoms with Gasteiger partial charge < -0.3 is 9.84 Å². The Hall–Kier alpha value is -2.43. The number of nitrogens with zero attached hydrogens (tertiary/aromatic N) is 2. The SMILES string of the molecule is COc1cccc(-c2ncncc2CC(=O)O)c1. The highest BCUT2D eigenvalue weighted by atomic mass is 16.5. The fraction of sp³-hybridized carbons (Fsp3) is 0.154. The number of carboxylic acid groups (broad SMARTS) is 1. The lowest BCUT2D eigenvalue weighted by Gasteiger charge is -2.07. The average molecular weight is 244 g/mol. The highest BCUT2D eigenvalue weighted by Gasteiger charge is 2.10. The molecule has 1 aromatic carbocycles. The molecule has 1 N–H and O–H groups in total. The maximum atomic E-state index is 10.8. The Labute approximate surface area is 104 Å². The van der Waals surface area contributed by atoms with Crippen molar-refractivity contribution in [1.29, 1.82) is 0 Å². The summed E-state index contributed by atoms with van der Waals surface area (Å²) in [6.45, 7) is 0. The highest BCUT2D eigenvalue weighted by Crippen LogP contribution is 2.24. The first-order valence-electron chi connectivity index (χ1n) is 5.36. The Balaban J connectivity index is 2.45. The minimum atomic E-state index is -0.908. The summed E-state index contributed by atoms with van der Waals surface area (Å²) in [6.07, 6.45) is 2.82. The Morgan fingerprint density at radius 3 is 3.00 bits per heavy atom. The van der Waals surface area contributed by atoms with Crippen molar-refractivity contribution in [3.8, 4) is 17.0 Å². The van der Waals surface area contributed by atoms with Gasteiger partial charge in [0.05, 0.1) is 19.2 Å². The van der Waals surface area contributed by atoms with Gasteiger partial charge in [-0.25, -0.2) is 9.97 Å². The van der Waals surface area contributed by atoms with E-state index in [1.807, 2.05) is 24.3 Å². The molecule has 92 valence electrons. The van der Waals surface area contributed by atoms with Crippen LogP contribution in [0.3, 0.4) is 0 Å². The van der Waals surface area contributed by atoms with E-state index in [9.17, 15) is 4.79 Å². The molecule has 0 amide bonds. The number of rotatable bonds is 4. The maximum absolute atomic E-state index is 10.8. The predicted molar refractivity (Wildman–Crippen MR) is 65.4 cm³/mol. The molecule has 0 aliphatic rings. The summed E-state index contributed by atoms with van der Waals surface area (Å²) in [5, 5.41) is 8.86. The Morgan fingerprint density at radius 1 is 1.44 bits per heavy atom. The molecule has 0 saturated heterocycles. The molecule has 0 bridgehead atoms. The van der Waals surface area contributed by atoms with Gasteiger partial charge >= 0.3 is 5.97 Å². The second-order valence-corrected chi connectivity index (χ2v) is 3.70. The smallest absolute Gasteiger partial charge is 0.307 e. The van der Waals surface area contributed by atoms with Gasteiger partial charge in [0.2, 0.25) is 0 Å². The van der Waals surface area contributed by atoms with Crippen molar-refractivity contribution in [2.24, 2.45) is 0 Å². The second-order valence-electron chi connectivity index (χ2n) is 3.70. The van der Waals surface area contributed by atoms with E-state index in [1.54, 1.807) is 7.11 Å². The number of hydrogen-bond acceptors (Lipinski definition) is 4. The first-order chi connectivity index (χ1) is 8.70. The van der Waals surface area contributed by atoms with Crippen LogP contribution in [-0.4, -0.2) is 28.2 Å². The summed E-state index contributed by atoms with van der Waals surface area (Å²) in [7, 11) is 1.58. The third kappa shape index (κ3) is 2.63. The molecule has 0 aliphatic heterocycles. The van der Waals surface area contributed by atoms with Crippen molar-refractivity contribution in [3.05, 3.63) is 42.4 Å². The molecule has 1 heterocycles. The molecule has 2 rings (SSSR count). The van der Waals surface area contributed by atoms with Gasteiger partial charge in [0, 0.05) is 17.3 Å². The number of aromatic nitrogens is 2. The molecule has 0 spiro atoms. The van der Waals surface area contributed by atoms with Crippen LogP contribution in [0.4, 0.5) is 0 Å². The van der Waals surface area contributed by atoms with Crippen LogP contribution in [0.2, 0.25) is 0 Å². The van der Waals surface area contributed by atoms with Crippen LogP contribution in [-0.2, 0) is 11.2 Å². The molecular weight excluding hydrogens is 232 g/mol. The zero-order valence-electron chi connectivity index (χ0n) is 9.83. The molecule has 0 radical (unpaired) electrons. The molecule has 0 unspecified atom stereocenters. The van der Waals surface area contributed by atoms with E-state index in [4.69, 9.17) is 9.84 Å². The zero-order valence-corrected chi connectivity index (χ0v) is 9.83. The summed E-state index contributed by atoms with van der Waals surface area (Å²) in [5.74, 6) is -0.207. The largest absolute Gasteiger partial charge is 0.497 e. The number of ether oxygens (including phenoxy) is 1. The summed E-state index contributed by atoms with van der Waals surface area (Å²) in [6, 6.07) is 7.33. The van der Waals surface area contributed by atoms with Gasteiger partial charge in [-0.2, -0.15) is 0 Å². The predicted octanol–water partition coefficient (Wildman–Crippen LogP) is 1.78. The lowest BCUT2D eigenvalue weighted by atomic mass is 10.0. The summed E-state index contributed by atoms with van der Waals surface area (Å²) in [4.78, 5) is 18.8. The van der Waals surface area contributed by atoms with Crippen molar-refractivity contribution in [2.45, 2.75) is 6.42 Å². The van der Waals surface area contributed by atoms with Crippen LogP contribution < -0.4 is 4.74 Å². The Kier molecular flexibility index (Phi) is 3.52. The van der Waals surface area contributed by atoms with Gasteiger partial charge in [-0.1, -0.05) is 12.1 Å². The van der Waals surface area contributed by atoms with Crippen LogP contribution >= 0.6 is 0 Å². The lowest BCUT2D eigenvalue weighted by Crippen LogP contribution is -2.03. The van der Waals surface area contributed by atoms with Crippen molar-refractivity contribution >= 4 is 5.97 Å². The van der Waals surface area contributed by atoms with Crippen LogP contribution in [0.15, 0.2) is 36.8 Å². The number of carbonyl (C=O) groups is 1. The molecule has 18 heavy (non-hydrogen) atoms. The average Bonchev–Trinajstić information content (AvgIpc) is 2.39. The lowest BCUT2D eigenvalue weighted by molar-refractivity contribution is -0.136. The van der Waals surface area contributed by atoms with Crippen LogP contribution in [0.25, 0.3) is 11.3 Å². The second kappa shape index (κ2) is 5.27. The molecule has 0 atom stereocenters. The van der Waals surface area contributed by atoms with Gasteiger partial charge in [-0.15, -0.1) is 0 Å². The van der Waals surface area contributed by atoms with Gasteiger partial charge in [-0.3, -0.25) is 4.79 Å². The molecule has 5 heteroatoms. The maximum Gasteiger partial charge on any atom is 0.307 e. The van der Waals surface area contributed by atoms with Crippen molar-refractivity contribution in [2.75, 3.05) is 7.11 Å². The monoisotopic (exact) mass is 244 g/mol. The fourth-order valence-electron chi connectivity index (χ4n) is 1.68. The number of hydrogen-bond donors (Lipinski definition) is 1. The van der Waals surface area contributed by atoms with Gasteiger partial charge in [0.15, 0.2) is 0 Å². The topological polar surface area (TPSA) is 72.3 Å². The molecule has 2 aromatic rings. The van der Waals surface area contributed by atoms with Crippen molar-refractivity contribution in [1.82, 2.24) is 9.97 Å². The molecule has 0 aliphatic carbocycles. The Morgan fingerprint density at radius 2 is 2.28 bits per heavy atom. The number of carboxylic acids is 1. The van der Waals surface area contributed by atoms with Crippen molar-refractivity contribution < 1.29 is 14.6 Å². The molecule has 1 aromatic heterocycles. The van der Waals surface area contributed by atoms with E-state index < -0.39 is 5.97 Å². The minimum absolute atomic E-state index is 0.104. The number of benzene rings is 1. The number of aliphatic carboxylic acids is 1. The minimum Gasteiger partial charge on any atom is -0.497 e. The van der Waals surface area contributed by atoms with Gasteiger partial charge in [0.25, 0.3) is 0 Å². The van der Waals surface area contributed by atoms with Crippen molar-refractivity contribution in [3.63, 3.8) is 0 Å². The van der Waals surface area contributed by atoms with E-state index >= 15 is 0 Å². The van der Waals surface area contributed by atoms with Crippen LogP contribution in [0.5, 0.6) is 5.75 Å². The Bertz CT molecular complexity index is 570. The highest BCUT2D eigenvalue weighted by molar-refractivity contribution is 5.74. The third-order valence-electron chi connectivity index (χ3n) is 2.47. The first-order valence-corrected chi connectivity index (χ1v) is 5.36. The van der Waals surface area contributed by atoms with E-state index in [-0.39, 0.29) is 6.42 Å². The normalized spacial score (nSPS) is 10.1. The first kappa shape index (κ1) is 12.0. The number of methoxy groups -OCH3 is 1. The summed E-state index contributed by atoms with van der Waals surface area (Å²) in [5.41, 5.74) is 2.01. The third-order valence-corrected chi connectivity index (χ3v) is 2.47. The van der Waals surface area contributed by atoms with E-state index in [2.05, 4.69) is 9.97 Å². The van der Waals surface area contributed by atoms with Crippen LogP contribution in [0.1, 0.15) is 5.56 Å². The molecular formula is C13H12N2O3. The van der Waals surface area contributed by atoms with Gasteiger partial charge in [-0.05, 0) is 12.1 Å². The summed E-state index contributed by atoms with van der Waals surface area (Å²) < 4.78 is 5.14. The van der Waals surface area contributed by atoms with Crippen LogP contribution in [0, 0.1) is 0 Å². The molecule has 5 nitrogen and oxygen atoms in total. The quantitative estimate of drug-likeness (QED) is 0.887. The van der Waals surface area contributed by atoms with E-state index in [1.165, 1.54) is 12.5 Å². The van der Waals surface area contributed by atoms with E-state index in [0.29, 0.717) is 17.0 Å².